The van der Waals surface area contributed by atoms with Crippen LogP contribution in [-0.4, -0.2) is 32.3 Å². The maximum atomic E-state index is 9.74. The first kappa shape index (κ1) is 13.9. The number of para-hydroxylation sites is 1. The molecule has 0 heterocycles. The van der Waals surface area contributed by atoms with E-state index in [1.165, 1.54) is 4.46 Å². The Morgan fingerprint density at radius 3 is 2.47 bits per heavy atom. The molecule has 98 valence electrons. The van der Waals surface area contributed by atoms with Crippen molar-refractivity contribution in [1.29, 1.82) is 0 Å². The average molecular weight is 318 g/mol. The van der Waals surface area contributed by atoms with Gasteiger partial charge >= 0.3 is 120 Å². The van der Waals surface area contributed by atoms with Crippen LogP contribution in [0.5, 0.6) is 5.75 Å². The van der Waals surface area contributed by atoms with Crippen LogP contribution < -0.4 is 4.46 Å². The molecule has 0 fully saturated rings. The number of phenolic OH excluding ortho intramolecular Hbond substituents is 1. The molecule has 1 N–H and O–H groups in total. The molecular formula is C16H17NOSe. The summed E-state index contributed by atoms with van der Waals surface area (Å²) in [6.07, 6.45) is 0. The van der Waals surface area contributed by atoms with Crippen molar-refractivity contribution in [1.82, 2.24) is 0 Å². The van der Waals surface area contributed by atoms with Crippen LogP contribution in [-0.2, 0) is 0 Å². The third kappa shape index (κ3) is 4.23. The molecule has 0 amide bonds. The van der Waals surface area contributed by atoms with Crippen molar-refractivity contribution in [3.63, 3.8) is 0 Å². The Bertz CT molecular complexity index is 552. The van der Waals surface area contributed by atoms with Crippen LogP contribution in [0.2, 0.25) is 5.32 Å². The molecule has 0 bridgehead atoms. The van der Waals surface area contributed by atoms with Crippen LogP contribution >= 0.6 is 0 Å². The Labute approximate surface area is 120 Å². The summed E-state index contributed by atoms with van der Waals surface area (Å²) in [5, 5.41) is 10.8. The number of aromatic hydroxyl groups is 1. The second-order valence-electron chi connectivity index (χ2n) is 4.15. The van der Waals surface area contributed by atoms with Gasteiger partial charge in [-0.15, -0.1) is 0 Å². The summed E-state index contributed by atoms with van der Waals surface area (Å²) in [7, 11) is 0. The quantitative estimate of drug-likeness (QED) is 0.513. The van der Waals surface area contributed by atoms with Gasteiger partial charge < -0.3 is 0 Å². The zero-order valence-electron chi connectivity index (χ0n) is 10.9. The van der Waals surface area contributed by atoms with Crippen LogP contribution in [0.25, 0.3) is 0 Å². The van der Waals surface area contributed by atoms with Crippen molar-refractivity contribution in [2.45, 2.75) is 12.2 Å². The van der Waals surface area contributed by atoms with Crippen molar-refractivity contribution in [3.05, 3.63) is 60.2 Å². The van der Waals surface area contributed by atoms with Crippen molar-refractivity contribution < 1.29 is 5.11 Å². The van der Waals surface area contributed by atoms with Crippen LogP contribution in [0.1, 0.15) is 12.5 Å². The molecule has 2 rings (SSSR count). The normalized spacial score (nSPS) is 11.5. The van der Waals surface area contributed by atoms with Crippen molar-refractivity contribution >= 4 is 25.1 Å². The second kappa shape index (κ2) is 7.13. The predicted octanol–water partition coefficient (Wildman–Crippen LogP) is 2.65. The molecule has 3 heteroatoms. The van der Waals surface area contributed by atoms with Gasteiger partial charge in [-0.2, -0.15) is 0 Å². The van der Waals surface area contributed by atoms with E-state index in [-0.39, 0.29) is 0 Å². The Hall–Kier alpha value is -1.57. The monoisotopic (exact) mass is 319 g/mol. The molecule has 2 aromatic carbocycles. The van der Waals surface area contributed by atoms with Crippen molar-refractivity contribution in [2.24, 2.45) is 4.99 Å². The van der Waals surface area contributed by atoms with E-state index in [4.69, 9.17) is 0 Å². The molecule has 19 heavy (non-hydrogen) atoms. The van der Waals surface area contributed by atoms with Gasteiger partial charge in [0.25, 0.3) is 0 Å². The van der Waals surface area contributed by atoms with E-state index >= 15 is 0 Å². The first-order valence-electron chi connectivity index (χ1n) is 6.24. The topological polar surface area (TPSA) is 32.6 Å². The standard InChI is InChI=1S/C16H17NOSe/c1-13(15-9-5-6-10-16(15)18)17-11-12-19-14-7-3-2-4-8-14/h2-10,18H,11-12H2,1H3. The molecule has 0 radical (unpaired) electrons. The fourth-order valence-corrected chi connectivity index (χ4v) is 3.37. The first-order valence-corrected chi connectivity index (χ1v) is 8.31. The fourth-order valence-electron chi connectivity index (χ4n) is 1.76. The molecule has 0 unspecified atom stereocenters. The van der Waals surface area contributed by atoms with E-state index < -0.39 is 0 Å². The van der Waals surface area contributed by atoms with Gasteiger partial charge in [0, 0.05) is 0 Å². The van der Waals surface area contributed by atoms with Gasteiger partial charge in [0.05, 0.1) is 0 Å². The SMILES string of the molecule is CC(=NCC[Se]c1ccccc1)c1ccccc1O. The third-order valence-corrected chi connectivity index (χ3v) is 4.83. The van der Waals surface area contributed by atoms with Gasteiger partial charge in [-0.1, -0.05) is 0 Å². The summed E-state index contributed by atoms with van der Waals surface area (Å²) >= 11 is 0.476. The van der Waals surface area contributed by atoms with Crippen molar-refractivity contribution in [3.8, 4) is 5.75 Å². The summed E-state index contributed by atoms with van der Waals surface area (Å²) < 4.78 is 1.41. The summed E-state index contributed by atoms with van der Waals surface area (Å²) in [4.78, 5) is 4.54. The Kier molecular flexibility index (Phi) is 5.19. The summed E-state index contributed by atoms with van der Waals surface area (Å²) in [5.74, 6) is 0.303. The Balaban J connectivity index is 1.88. The van der Waals surface area contributed by atoms with Gasteiger partial charge in [-0.3, -0.25) is 0 Å². The average Bonchev–Trinajstić information content (AvgIpc) is 2.45. The van der Waals surface area contributed by atoms with Gasteiger partial charge in [0.15, 0.2) is 0 Å². The number of benzene rings is 2. The molecule has 2 aromatic rings. The van der Waals surface area contributed by atoms with Gasteiger partial charge in [-0.25, -0.2) is 0 Å². The summed E-state index contributed by atoms with van der Waals surface area (Å²) in [5.41, 5.74) is 1.73. The van der Waals surface area contributed by atoms with E-state index in [0.29, 0.717) is 20.7 Å². The molecule has 0 aromatic heterocycles. The third-order valence-electron chi connectivity index (χ3n) is 2.75. The molecule has 0 spiro atoms. The van der Waals surface area contributed by atoms with E-state index in [1.54, 1.807) is 6.07 Å². The molecule has 2 nitrogen and oxygen atoms in total. The zero-order valence-corrected chi connectivity index (χ0v) is 12.6. The number of hydrogen-bond acceptors (Lipinski definition) is 2. The van der Waals surface area contributed by atoms with E-state index in [0.717, 1.165) is 23.1 Å². The van der Waals surface area contributed by atoms with Gasteiger partial charge in [0.1, 0.15) is 0 Å². The summed E-state index contributed by atoms with van der Waals surface area (Å²) in [6.45, 7) is 2.76. The molecule has 0 aliphatic carbocycles. The van der Waals surface area contributed by atoms with Gasteiger partial charge in [-0.05, 0) is 0 Å². The minimum absolute atomic E-state index is 0.303. The zero-order chi connectivity index (χ0) is 13.5. The van der Waals surface area contributed by atoms with Gasteiger partial charge in [0.2, 0.25) is 0 Å². The second-order valence-corrected chi connectivity index (χ2v) is 6.60. The van der Waals surface area contributed by atoms with E-state index in [1.807, 2.05) is 31.2 Å². The number of phenols is 1. The summed E-state index contributed by atoms with van der Waals surface area (Å²) in [6, 6.07) is 17.9. The Morgan fingerprint density at radius 2 is 1.74 bits per heavy atom. The molecule has 0 aliphatic rings. The van der Waals surface area contributed by atoms with E-state index in [2.05, 4.69) is 29.3 Å². The maximum absolute atomic E-state index is 9.74. The molecule has 0 aliphatic heterocycles. The molecular weight excluding hydrogens is 301 g/mol. The predicted molar refractivity (Wildman–Crippen MR) is 81.8 cm³/mol. The number of hydrogen-bond donors (Lipinski definition) is 1. The molecule has 0 saturated carbocycles. The molecule has 0 saturated heterocycles. The van der Waals surface area contributed by atoms with Crippen molar-refractivity contribution in [2.75, 3.05) is 6.54 Å². The molecule has 0 atom stereocenters. The number of rotatable bonds is 5. The van der Waals surface area contributed by atoms with E-state index in [9.17, 15) is 5.11 Å². The minimum atomic E-state index is 0.303. The fraction of sp³-hybridized carbons (Fsp3) is 0.188. The number of aliphatic imine (C=N–C) groups is 1. The first-order chi connectivity index (χ1) is 9.27. The van der Waals surface area contributed by atoms with Crippen LogP contribution in [0, 0.1) is 0 Å². The Morgan fingerprint density at radius 1 is 1.05 bits per heavy atom. The van der Waals surface area contributed by atoms with Crippen LogP contribution in [0.3, 0.4) is 0 Å². The van der Waals surface area contributed by atoms with Crippen LogP contribution in [0.4, 0.5) is 0 Å². The number of nitrogens with zero attached hydrogens (tertiary/aromatic N) is 1. The van der Waals surface area contributed by atoms with Crippen LogP contribution in [0.15, 0.2) is 59.6 Å².